The van der Waals surface area contributed by atoms with Crippen molar-refractivity contribution in [3.63, 3.8) is 0 Å². The first-order valence-electron chi connectivity index (χ1n) is 8.84. The van der Waals surface area contributed by atoms with Crippen molar-refractivity contribution in [3.05, 3.63) is 29.7 Å². The Balaban J connectivity index is 1.59. The maximum atomic E-state index is 12.3. The van der Waals surface area contributed by atoms with Crippen molar-refractivity contribution >= 4 is 28.4 Å². The number of amides is 1. The minimum Gasteiger partial charge on any atom is -0.444 e. The van der Waals surface area contributed by atoms with E-state index in [0.29, 0.717) is 12.5 Å². The Morgan fingerprint density at radius 2 is 2.23 bits per heavy atom. The lowest BCUT2D eigenvalue weighted by atomic mass is 9.93. The fraction of sp³-hybridized carbons (Fsp3) is 0.556. The molecule has 3 heterocycles. The number of hydrogen-bond donors (Lipinski definition) is 1. The number of nitrogens with one attached hydrogen (secondary N) is 1. The van der Waals surface area contributed by atoms with Crippen molar-refractivity contribution in [3.8, 4) is 0 Å². The Morgan fingerprint density at radius 3 is 2.96 bits per heavy atom. The van der Waals surface area contributed by atoms with Crippen LogP contribution in [0.2, 0.25) is 0 Å². The van der Waals surface area contributed by atoms with Gasteiger partial charge in [-0.05, 0) is 46.0 Å². The van der Waals surface area contributed by atoms with Crippen LogP contribution in [0.15, 0.2) is 24.0 Å². The molecule has 0 bridgehead atoms. The minimum absolute atomic E-state index is 0.226. The SMILES string of the molecule is CC(C)(C)OC(=O)N1CCCC(Cc2cc(Nc3nccs3)ncn2)C1. The summed E-state index contributed by atoms with van der Waals surface area (Å²) in [6.07, 6.45) is 5.98. The van der Waals surface area contributed by atoms with Crippen LogP contribution in [0.3, 0.4) is 0 Å². The molecule has 8 heteroatoms. The number of aromatic nitrogens is 3. The lowest BCUT2D eigenvalue weighted by Crippen LogP contribution is -2.43. The van der Waals surface area contributed by atoms with Gasteiger partial charge in [0.2, 0.25) is 0 Å². The van der Waals surface area contributed by atoms with E-state index in [9.17, 15) is 4.79 Å². The van der Waals surface area contributed by atoms with Gasteiger partial charge in [-0.2, -0.15) is 0 Å². The van der Waals surface area contributed by atoms with Crippen LogP contribution in [0.5, 0.6) is 0 Å². The topological polar surface area (TPSA) is 80.2 Å². The molecule has 1 amide bonds. The second-order valence-electron chi connectivity index (χ2n) is 7.50. The Kier molecular flexibility index (Phi) is 5.70. The second kappa shape index (κ2) is 7.99. The molecule has 1 atom stereocenters. The van der Waals surface area contributed by atoms with E-state index >= 15 is 0 Å². The minimum atomic E-state index is -0.465. The lowest BCUT2D eigenvalue weighted by Gasteiger charge is -2.34. The summed E-state index contributed by atoms with van der Waals surface area (Å²) in [6.45, 7) is 7.14. The summed E-state index contributed by atoms with van der Waals surface area (Å²) in [5, 5.41) is 5.91. The van der Waals surface area contributed by atoms with E-state index in [-0.39, 0.29) is 6.09 Å². The van der Waals surface area contributed by atoms with Gasteiger partial charge in [0, 0.05) is 36.4 Å². The Bertz CT molecular complexity index is 729. The zero-order chi connectivity index (χ0) is 18.6. The standard InChI is InChI=1S/C18H25N5O2S/c1-18(2,3)25-17(24)23-7-4-5-13(11-23)9-14-10-15(21-12-20-14)22-16-19-6-8-26-16/h6,8,10,12-13H,4-5,7,9,11H2,1-3H3,(H,19,20,21,22). The monoisotopic (exact) mass is 375 g/mol. The number of nitrogens with zero attached hydrogens (tertiary/aromatic N) is 4. The average molecular weight is 375 g/mol. The van der Waals surface area contributed by atoms with Gasteiger partial charge in [-0.1, -0.05) is 0 Å². The van der Waals surface area contributed by atoms with Gasteiger partial charge in [0.25, 0.3) is 0 Å². The molecule has 2 aromatic rings. The van der Waals surface area contributed by atoms with Crippen LogP contribution in [-0.4, -0.2) is 44.6 Å². The number of rotatable bonds is 4. The predicted molar refractivity (Wildman–Crippen MR) is 102 cm³/mol. The van der Waals surface area contributed by atoms with Crippen LogP contribution in [-0.2, 0) is 11.2 Å². The van der Waals surface area contributed by atoms with Gasteiger partial charge < -0.3 is 15.0 Å². The first kappa shape index (κ1) is 18.6. The molecule has 0 aromatic carbocycles. The second-order valence-corrected chi connectivity index (χ2v) is 8.39. The Hall–Kier alpha value is -2.22. The van der Waals surface area contributed by atoms with Crippen molar-refractivity contribution in [1.29, 1.82) is 0 Å². The fourth-order valence-electron chi connectivity index (χ4n) is 2.99. The fourth-order valence-corrected chi connectivity index (χ4v) is 3.53. The summed E-state index contributed by atoms with van der Waals surface area (Å²) in [6, 6.07) is 1.95. The van der Waals surface area contributed by atoms with Gasteiger partial charge in [-0.15, -0.1) is 11.3 Å². The van der Waals surface area contributed by atoms with Crippen LogP contribution < -0.4 is 5.32 Å². The van der Waals surface area contributed by atoms with Gasteiger partial charge >= 0.3 is 6.09 Å². The van der Waals surface area contributed by atoms with E-state index in [1.165, 1.54) is 11.3 Å². The molecule has 140 valence electrons. The molecule has 26 heavy (non-hydrogen) atoms. The van der Waals surface area contributed by atoms with Crippen molar-refractivity contribution < 1.29 is 9.53 Å². The zero-order valence-electron chi connectivity index (χ0n) is 15.4. The number of likely N-dealkylation sites (tertiary alicyclic amines) is 1. The molecular formula is C18H25N5O2S. The Morgan fingerprint density at radius 1 is 1.38 bits per heavy atom. The van der Waals surface area contributed by atoms with Gasteiger partial charge in [-0.3, -0.25) is 0 Å². The molecule has 0 radical (unpaired) electrons. The molecule has 3 rings (SSSR count). The smallest absolute Gasteiger partial charge is 0.410 e. The largest absolute Gasteiger partial charge is 0.444 e. The third kappa shape index (κ3) is 5.39. The maximum Gasteiger partial charge on any atom is 0.410 e. The summed E-state index contributed by atoms with van der Waals surface area (Å²) in [5.41, 5.74) is 0.502. The van der Waals surface area contributed by atoms with E-state index in [1.807, 2.05) is 37.1 Å². The third-order valence-corrected chi connectivity index (χ3v) is 4.75. The molecule has 0 aliphatic carbocycles. The molecule has 7 nitrogen and oxygen atoms in total. The highest BCUT2D eigenvalue weighted by Crippen LogP contribution is 2.23. The summed E-state index contributed by atoms with van der Waals surface area (Å²) in [7, 11) is 0. The van der Waals surface area contributed by atoms with E-state index in [1.54, 1.807) is 12.5 Å². The molecule has 1 unspecified atom stereocenters. The predicted octanol–water partition coefficient (Wildman–Crippen LogP) is 3.87. The summed E-state index contributed by atoms with van der Waals surface area (Å²) in [5.74, 6) is 1.11. The highest BCUT2D eigenvalue weighted by atomic mass is 32.1. The van der Waals surface area contributed by atoms with Crippen molar-refractivity contribution in [2.75, 3.05) is 18.4 Å². The van der Waals surface area contributed by atoms with Gasteiger partial charge in [0.1, 0.15) is 17.7 Å². The molecule has 1 N–H and O–H groups in total. The molecule has 0 saturated carbocycles. The van der Waals surface area contributed by atoms with Crippen LogP contribution >= 0.6 is 11.3 Å². The molecule has 2 aromatic heterocycles. The van der Waals surface area contributed by atoms with Crippen LogP contribution in [0, 0.1) is 5.92 Å². The number of ether oxygens (including phenoxy) is 1. The summed E-state index contributed by atoms with van der Waals surface area (Å²) < 4.78 is 5.50. The van der Waals surface area contributed by atoms with E-state index < -0.39 is 5.60 Å². The normalized spacial score (nSPS) is 17.8. The molecule has 1 aliphatic rings. The number of carbonyl (C=O) groups excluding carboxylic acids is 1. The molecular weight excluding hydrogens is 350 g/mol. The lowest BCUT2D eigenvalue weighted by molar-refractivity contribution is 0.0165. The first-order valence-corrected chi connectivity index (χ1v) is 9.72. The van der Waals surface area contributed by atoms with E-state index in [0.717, 1.165) is 42.5 Å². The van der Waals surface area contributed by atoms with Gasteiger partial charge in [0.15, 0.2) is 5.13 Å². The number of thiazole rings is 1. The Labute approximate surface area is 157 Å². The summed E-state index contributed by atoms with van der Waals surface area (Å²) in [4.78, 5) is 27.0. The van der Waals surface area contributed by atoms with Crippen molar-refractivity contribution in [2.24, 2.45) is 5.92 Å². The van der Waals surface area contributed by atoms with Crippen LogP contribution in [0.1, 0.15) is 39.3 Å². The van der Waals surface area contributed by atoms with Crippen molar-refractivity contribution in [2.45, 2.75) is 45.6 Å². The molecule has 1 fully saturated rings. The highest BCUT2D eigenvalue weighted by molar-refractivity contribution is 7.13. The van der Waals surface area contributed by atoms with Crippen LogP contribution in [0.4, 0.5) is 15.7 Å². The summed E-state index contributed by atoms with van der Waals surface area (Å²) >= 11 is 1.53. The third-order valence-electron chi connectivity index (χ3n) is 4.06. The zero-order valence-corrected chi connectivity index (χ0v) is 16.3. The quantitative estimate of drug-likeness (QED) is 0.874. The number of hydrogen-bond acceptors (Lipinski definition) is 7. The molecule has 0 spiro atoms. The molecule has 1 aliphatic heterocycles. The number of carbonyl (C=O) groups is 1. The van der Waals surface area contributed by atoms with E-state index in [4.69, 9.17) is 4.74 Å². The van der Waals surface area contributed by atoms with Gasteiger partial charge in [-0.25, -0.2) is 19.7 Å². The average Bonchev–Trinajstić information content (AvgIpc) is 3.07. The number of anilines is 2. The first-order chi connectivity index (χ1) is 12.4. The van der Waals surface area contributed by atoms with Crippen molar-refractivity contribution in [1.82, 2.24) is 19.9 Å². The number of piperidine rings is 1. The van der Waals surface area contributed by atoms with E-state index in [2.05, 4.69) is 20.3 Å². The molecule has 1 saturated heterocycles. The highest BCUT2D eigenvalue weighted by Gasteiger charge is 2.27. The maximum absolute atomic E-state index is 12.3. The van der Waals surface area contributed by atoms with Crippen LogP contribution in [0.25, 0.3) is 0 Å². The van der Waals surface area contributed by atoms with Gasteiger partial charge in [0.05, 0.1) is 0 Å².